The number of aromatic hydroxyl groups is 1. The zero-order valence-corrected chi connectivity index (χ0v) is 28.6. The van der Waals surface area contributed by atoms with Crippen molar-refractivity contribution >= 4 is 34.8 Å². The average molecular weight is 679 g/mol. The molecule has 2 aliphatic rings. The van der Waals surface area contributed by atoms with E-state index < -0.39 is 0 Å². The van der Waals surface area contributed by atoms with Gasteiger partial charge in [0.1, 0.15) is 5.75 Å². The number of aromatic amines is 1. The van der Waals surface area contributed by atoms with E-state index in [1.165, 1.54) is 5.56 Å². The number of amides is 2. The summed E-state index contributed by atoms with van der Waals surface area (Å²) in [5.74, 6) is -0.273. The number of rotatable bonds is 7. The van der Waals surface area contributed by atoms with Gasteiger partial charge in [0.15, 0.2) is 0 Å². The minimum Gasteiger partial charge on any atom is -0.508 e. The number of nitrogens with zero attached hydrogens (tertiary/aromatic N) is 5. The van der Waals surface area contributed by atoms with Crippen LogP contribution in [-0.2, 0) is 24.8 Å². The lowest BCUT2D eigenvalue weighted by Crippen LogP contribution is -2.52. The number of hydrogen-bond donors (Lipinski definition) is 2. The van der Waals surface area contributed by atoms with E-state index in [2.05, 4.69) is 33.2 Å². The maximum Gasteiger partial charge on any atom is 0.265 e. The number of ether oxygens (including phenoxy) is 1. The molecule has 2 N–H and O–H groups in total. The van der Waals surface area contributed by atoms with Crippen molar-refractivity contribution in [3.63, 3.8) is 0 Å². The maximum absolute atomic E-state index is 14.8. The number of anilines is 2. The Labute approximate surface area is 290 Å². The largest absolute Gasteiger partial charge is 0.508 e. The Balaban J connectivity index is 1.27. The van der Waals surface area contributed by atoms with Crippen molar-refractivity contribution < 1.29 is 19.4 Å². The minimum atomic E-state index is -0.267. The number of halogens is 1. The van der Waals surface area contributed by atoms with Crippen LogP contribution in [0.25, 0.3) is 11.3 Å². The number of aromatic nitrogens is 3. The van der Waals surface area contributed by atoms with E-state index in [-0.39, 0.29) is 23.6 Å². The fraction of sp³-hybridized carbons (Fsp3) is 0.289. The van der Waals surface area contributed by atoms with E-state index in [1.54, 1.807) is 65.4 Å². The monoisotopic (exact) mass is 678 g/mol. The van der Waals surface area contributed by atoms with Gasteiger partial charge >= 0.3 is 0 Å². The van der Waals surface area contributed by atoms with Gasteiger partial charge in [-0.1, -0.05) is 41.9 Å². The van der Waals surface area contributed by atoms with Crippen molar-refractivity contribution in [2.45, 2.75) is 32.9 Å². The topological polar surface area (TPSA) is 107 Å². The Kier molecular flexibility index (Phi) is 9.02. The summed E-state index contributed by atoms with van der Waals surface area (Å²) in [5, 5.41) is 14.7. The molecule has 3 aromatic carbocycles. The quantitative estimate of drug-likeness (QED) is 0.210. The SMILES string of the molecule is Cc1[nH]c(-c2ccc(Cl)cc2C(=O)N2Cc3ccccc3C[C@H]2CN2CCOCC2)c(C)c1C(=O)N(c1ccc(O)cc1)c1cnn(C)c1. The van der Waals surface area contributed by atoms with Crippen LogP contribution in [0.4, 0.5) is 11.4 Å². The summed E-state index contributed by atoms with van der Waals surface area (Å²) in [5.41, 5.74) is 7.26. The average Bonchev–Trinajstić information content (AvgIpc) is 3.66. The molecule has 0 aliphatic carbocycles. The van der Waals surface area contributed by atoms with Gasteiger partial charge in [-0.25, -0.2) is 0 Å². The number of benzene rings is 3. The van der Waals surface area contributed by atoms with Crippen LogP contribution in [0.15, 0.2) is 79.1 Å². The van der Waals surface area contributed by atoms with Crippen LogP contribution < -0.4 is 4.90 Å². The van der Waals surface area contributed by atoms with Crippen molar-refractivity contribution in [1.29, 1.82) is 0 Å². The fourth-order valence-corrected chi connectivity index (χ4v) is 7.27. The number of aryl methyl sites for hydroxylation is 2. The molecule has 0 spiro atoms. The van der Waals surface area contributed by atoms with Crippen LogP contribution in [0.1, 0.15) is 43.1 Å². The molecule has 0 bridgehead atoms. The molecule has 0 radical (unpaired) electrons. The molecule has 49 heavy (non-hydrogen) atoms. The molecule has 5 aromatic rings. The van der Waals surface area contributed by atoms with Crippen molar-refractivity contribution in [2.75, 3.05) is 37.7 Å². The zero-order valence-electron chi connectivity index (χ0n) is 27.8. The second-order valence-electron chi connectivity index (χ2n) is 12.8. The first-order chi connectivity index (χ1) is 23.7. The third-order valence-electron chi connectivity index (χ3n) is 9.58. The highest BCUT2D eigenvalue weighted by Crippen LogP contribution is 2.37. The number of morpholine rings is 1. The lowest BCUT2D eigenvalue weighted by atomic mass is 9.91. The number of phenolic OH excluding ortho intramolecular Hbond substituents is 1. The van der Waals surface area contributed by atoms with Gasteiger partial charge in [-0.2, -0.15) is 5.10 Å². The van der Waals surface area contributed by atoms with Gasteiger partial charge in [-0.15, -0.1) is 0 Å². The molecule has 2 aromatic heterocycles. The minimum absolute atomic E-state index is 0.0331. The number of phenols is 1. The molecule has 1 fully saturated rings. The van der Waals surface area contributed by atoms with Gasteiger partial charge in [-0.05, 0) is 73.4 Å². The number of nitrogens with one attached hydrogen (secondary N) is 1. The summed E-state index contributed by atoms with van der Waals surface area (Å²) in [4.78, 5) is 38.6. The summed E-state index contributed by atoms with van der Waals surface area (Å²) < 4.78 is 7.23. The van der Waals surface area contributed by atoms with Gasteiger partial charge in [-0.3, -0.25) is 24.1 Å². The standard InChI is InChI=1S/C38H39ClN6O4/c1-24-35(38(48)45(31-20-40-42(3)22-31)29-9-11-32(46)12-10-29)25(2)41-36(24)33-13-8-28(39)19-34(33)37(47)44-21-27-7-5-4-6-26(27)18-30(44)23-43-14-16-49-17-15-43/h4-13,19-20,22,30,41,46H,14-18,21,23H2,1-3H3/t30-/m0/s1. The third kappa shape index (κ3) is 6.47. The van der Waals surface area contributed by atoms with Gasteiger partial charge in [0.05, 0.1) is 41.9 Å². The Bertz CT molecular complexity index is 2010. The van der Waals surface area contributed by atoms with E-state index >= 15 is 0 Å². The molecule has 252 valence electrons. The third-order valence-corrected chi connectivity index (χ3v) is 9.82. The number of H-pyrrole nitrogens is 1. The van der Waals surface area contributed by atoms with Crippen molar-refractivity contribution in [3.05, 3.63) is 118 Å². The number of carbonyl (C=O) groups is 2. The first kappa shape index (κ1) is 32.6. The van der Waals surface area contributed by atoms with Crippen LogP contribution >= 0.6 is 11.6 Å². The van der Waals surface area contributed by atoms with E-state index in [1.807, 2.05) is 30.9 Å². The van der Waals surface area contributed by atoms with Crippen LogP contribution in [0.5, 0.6) is 5.75 Å². The summed E-state index contributed by atoms with van der Waals surface area (Å²) in [7, 11) is 1.79. The van der Waals surface area contributed by atoms with Gasteiger partial charge in [0, 0.05) is 67.4 Å². The predicted octanol–water partition coefficient (Wildman–Crippen LogP) is 6.27. The summed E-state index contributed by atoms with van der Waals surface area (Å²) in [6.45, 7) is 8.04. The lowest BCUT2D eigenvalue weighted by Gasteiger charge is -2.40. The van der Waals surface area contributed by atoms with Crippen molar-refractivity contribution in [1.82, 2.24) is 24.6 Å². The molecule has 10 nitrogen and oxygen atoms in total. The fourth-order valence-electron chi connectivity index (χ4n) is 7.10. The molecule has 1 atom stereocenters. The van der Waals surface area contributed by atoms with Crippen molar-refractivity contribution in [2.24, 2.45) is 7.05 Å². The molecule has 7 rings (SSSR count). The number of hydrogen-bond acceptors (Lipinski definition) is 6. The predicted molar refractivity (Wildman–Crippen MR) is 190 cm³/mol. The molecule has 1 saturated heterocycles. The smallest absolute Gasteiger partial charge is 0.265 e. The molecular formula is C38H39ClN6O4. The molecule has 11 heteroatoms. The van der Waals surface area contributed by atoms with Crippen LogP contribution in [0.3, 0.4) is 0 Å². The Morgan fingerprint density at radius 1 is 1.02 bits per heavy atom. The zero-order chi connectivity index (χ0) is 34.2. The van der Waals surface area contributed by atoms with Crippen LogP contribution in [-0.4, -0.2) is 80.4 Å². The molecule has 0 unspecified atom stereocenters. The van der Waals surface area contributed by atoms with Gasteiger partial charge in [0.25, 0.3) is 11.8 Å². The van der Waals surface area contributed by atoms with E-state index in [9.17, 15) is 14.7 Å². The Morgan fingerprint density at radius 3 is 2.47 bits per heavy atom. The highest BCUT2D eigenvalue weighted by atomic mass is 35.5. The van der Waals surface area contributed by atoms with Crippen molar-refractivity contribution in [3.8, 4) is 17.0 Å². The maximum atomic E-state index is 14.8. The second-order valence-corrected chi connectivity index (χ2v) is 13.3. The first-order valence-corrected chi connectivity index (χ1v) is 16.8. The molecule has 2 amide bonds. The lowest BCUT2D eigenvalue weighted by molar-refractivity contribution is 0.0193. The summed E-state index contributed by atoms with van der Waals surface area (Å²) >= 11 is 6.59. The Morgan fingerprint density at radius 2 is 1.76 bits per heavy atom. The summed E-state index contributed by atoms with van der Waals surface area (Å²) in [6.07, 6.45) is 4.15. The number of carbonyl (C=O) groups excluding carboxylic acids is 2. The molecule has 0 saturated carbocycles. The van der Waals surface area contributed by atoms with Gasteiger partial charge < -0.3 is 19.7 Å². The van der Waals surface area contributed by atoms with Crippen LogP contribution in [0, 0.1) is 13.8 Å². The van der Waals surface area contributed by atoms with Crippen LogP contribution in [0.2, 0.25) is 5.02 Å². The second kappa shape index (κ2) is 13.5. The Hall–Kier alpha value is -4.90. The normalized spacial score (nSPS) is 16.4. The van der Waals surface area contributed by atoms with E-state index in [0.717, 1.165) is 31.6 Å². The highest BCUT2D eigenvalue weighted by Gasteiger charge is 2.34. The molecular weight excluding hydrogens is 640 g/mol. The van der Waals surface area contributed by atoms with E-state index in [4.69, 9.17) is 16.3 Å². The summed E-state index contributed by atoms with van der Waals surface area (Å²) in [6, 6.07) is 20.1. The van der Waals surface area contributed by atoms with E-state index in [0.29, 0.717) is 69.8 Å². The van der Waals surface area contributed by atoms with Gasteiger partial charge in [0.2, 0.25) is 0 Å². The molecule has 2 aliphatic heterocycles. The highest BCUT2D eigenvalue weighted by molar-refractivity contribution is 6.31. The number of fused-ring (bicyclic) bond motifs is 1. The first-order valence-electron chi connectivity index (χ1n) is 16.5. The molecule has 4 heterocycles.